The number of fused-ring (bicyclic) bond motifs is 1. The van der Waals surface area contributed by atoms with Crippen molar-refractivity contribution >= 4 is 34.1 Å². The molecule has 2 heterocycles. The molecule has 1 saturated carbocycles. The third-order valence-corrected chi connectivity index (χ3v) is 6.46. The minimum absolute atomic E-state index is 0.0533. The van der Waals surface area contributed by atoms with E-state index in [1.165, 1.54) is 0 Å². The SMILES string of the molecule is Cc1ccc(NC(=O)C2(C)CC2)c(-c2nc(C(N)=O)c(N)c(-c3c(C)ccc4[nH]ncc34)n2)c1. The summed E-state index contributed by atoms with van der Waals surface area (Å²) in [5.74, 6) is -0.566. The summed E-state index contributed by atoms with van der Waals surface area (Å²) < 4.78 is 0. The van der Waals surface area contributed by atoms with Crippen molar-refractivity contribution in [2.75, 3.05) is 11.1 Å². The summed E-state index contributed by atoms with van der Waals surface area (Å²) in [6.07, 6.45) is 3.39. The van der Waals surface area contributed by atoms with Gasteiger partial charge in [0, 0.05) is 21.9 Å². The van der Waals surface area contributed by atoms with Gasteiger partial charge in [-0.2, -0.15) is 5.10 Å². The highest BCUT2D eigenvalue weighted by Gasteiger charge is 2.45. The molecule has 0 unspecified atom stereocenters. The lowest BCUT2D eigenvalue weighted by atomic mass is 9.98. The Morgan fingerprint density at radius 3 is 2.59 bits per heavy atom. The van der Waals surface area contributed by atoms with E-state index in [-0.39, 0.29) is 28.5 Å². The van der Waals surface area contributed by atoms with E-state index in [0.29, 0.717) is 16.9 Å². The molecular formula is C25H25N7O2. The van der Waals surface area contributed by atoms with Crippen LogP contribution in [0.15, 0.2) is 36.5 Å². The maximum Gasteiger partial charge on any atom is 0.269 e. The Morgan fingerprint density at radius 2 is 1.88 bits per heavy atom. The molecule has 5 rings (SSSR count). The molecule has 0 atom stereocenters. The highest BCUT2D eigenvalue weighted by Crippen LogP contribution is 2.46. The Morgan fingerprint density at radius 1 is 1.12 bits per heavy atom. The zero-order valence-electron chi connectivity index (χ0n) is 19.2. The number of anilines is 2. The first-order valence-corrected chi connectivity index (χ1v) is 11.0. The van der Waals surface area contributed by atoms with Crippen LogP contribution >= 0.6 is 0 Å². The van der Waals surface area contributed by atoms with Crippen LogP contribution in [0.25, 0.3) is 33.5 Å². The van der Waals surface area contributed by atoms with Crippen LogP contribution in [0.2, 0.25) is 0 Å². The minimum Gasteiger partial charge on any atom is -0.395 e. The lowest BCUT2D eigenvalue weighted by Crippen LogP contribution is -2.22. The summed E-state index contributed by atoms with van der Waals surface area (Å²) in [5.41, 5.74) is 16.6. The van der Waals surface area contributed by atoms with E-state index in [4.69, 9.17) is 16.5 Å². The molecule has 6 N–H and O–H groups in total. The van der Waals surface area contributed by atoms with Gasteiger partial charge in [-0.05, 0) is 50.5 Å². The zero-order chi connectivity index (χ0) is 24.2. The number of aromatic nitrogens is 4. The molecule has 4 aromatic rings. The second-order valence-electron chi connectivity index (χ2n) is 9.17. The van der Waals surface area contributed by atoms with Gasteiger partial charge in [-0.3, -0.25) is 14.7 Å². The molecule has 2 aromatic heterocycles. The molecule has 34 heavy (non-hydrogen) atoms. The molecule has 0 aliphatic heterocycles. The third kappa shape index (κ3) is 3.55. The fourth-order valence-electron chi connectivity index (χ4n) is 4.05. The Bertz CT molecular complexity index is 1480. The minimum atomic E-state index is -0.761. The van der Waals surface area contributed by atoms with Crippen LogP contribution in [-0.2, 0) is 4.79 Å². The first kappa shape index (κ1) is 21.6. The van der Waals surface area contributed by atoms with Crippen molar-refractivity contribution in [2.45, 2.75) is 33.6 Å². The van der Waals surface area contributed by atoms with Crippen molar-refractivity contribution in [3.05, 3.63) is 53.3 Å². The number of hydrogen-bond acceptors (Lipinski definition) is 6. The first-order valence-electron chi connectivity index (χ1n) is 11.0. The predicted octanol–water partition coefficient (Wildman–Crippen LogP) is 3.72. The highest BCUT2D eigenvalue weighted by molar-refractivity contribution is 6.05. The molecule has 2 amide bonds. The number of benzene rings is 2. The van der Waals surface area contributed by atoms with Gasteiger partial charge in [-0.15, -0.1) is 0 Å². The number of nitrogens with one attached hydrogen (secondary N) is 2. The number of nitrogens with two attached hydrogens (primary N) is 2. The molecular weight excluding hydrogens is 430 g/mol. The van der Waals surface area contributed by atoms with Crippen molar-refractivity contribution in [1.29, 1.82) is 0 Å². The van der Waals surface area contributed by atoms with Crippen LogP contribution in [-0.4, -0.2) is 32.0 Å². The van der Waals surface area contributed by atoms with Gasteiger partial charge >= 0.3 is 0 Å². The molecule has 2 aromatic carbocycles. The lowest BCUT2D eigenvalue weighted by Gasteiger charge is -2.17. The van der Waals surface area contributed by atoms with Crippen LogP contribution in [0.3, 0.4) is 0 Å². The molecule has 0 bridgehead atoms. The van der Waals surface area contributed by atoms with E-state index >= 15 is 0 Å². The van der Waals surface area contributed by atoms with Gasteiger partial charge in [0.1, 0.15) is 0 Å². The summed E-state index contributed by atoms with van der Waals surface area (Å²) in [6, 6.07) is 9.44. The van der Waals surface area contributed by atoms with Gasteiger partial charge in [0.25, 0.3) is 5.91 Å². The van der Waals surface area contributed by atoms with E-state index in [1.54, 1.807) is 6.20 Å². The van der Waals surface area contributed by atoms with Crippen LogP contribution in [0, 0.1) is 19.3 Å². The fraction of sp³-hybridized carbons (Fsp3) is 0.240. The zero-order valence-corrected chi connectivity index (χ0v) is 19.2. The van der Waals surface area contributed by atoms with Crippen LogP contribution < -0.4 is 16.8 Å². The Balaban J connectivity index is 1.74. The topological polar surface area (TPSA) is 153 Å². The molecule has 1 fully saturated rings. The Hall–Kier alpha value is -4.27. The maximum absolute atomic E-state index is 12.8. The van der Waals surface area contributed by atoms with Gasteiger partial charge in [-0.25, -0.2) is 9.97 Å². The summed E-state index contributed by atoms with van der Waals surface area (Å²) in [5, 5.41) is 10.9. The Kier molecular flexibility index (Phi) is 4.85. The van der Waals surface area contributed by atoms with Gasteiger partial charge in [-0.1, -0.05) is 24.6 Å². The average molecular weight is 456 g/mol. The average Bonchev–Trinajstić information content (AvgIpc) is 3.37. The van der Waals surface area contributed by atoms with Gasteiger partial charge < -0.3 is 16.8 Å². The number of carbonyl (C=O) groups excluding carboxylic acids is 2. The van der Waals surface area contributed by atoms with Crippen molar-refractivity contribution in [3.8, 4) is 22.6 Å². The maximum atomic E-state index is 12.8. The fourth-order valence-corrected chi connectivity index (χ4v) is 4.05. The van der Waals surface area contributed by atoms with E-state index in [9.17, 15) is 9.59 Å². The molecule has 0 spiro atoms. The van der Waals surface area contributed by atoms with Crippen LogP contribution in [0.1, 0.15) is 41.4 Å². The summed E-state index contributed by atoms with van der Waals surface area (Å²) in [7, 11) is 0. The highest BCUT2D eigenvalue weighted by atomic mass is 16.2. The first-order chi connectivity index (χ1) is 16.2. The lowest BCUT2D eigenvalue weighted by molar-refractivity contribution is -0.120. The number of nitrogens with zero attached hydrogens (tertiary/aromatic N) is 3. The van der Waals surface area contributed by atoms with E-state index < -0.39 is 5.91 Å². The molecule has 1 aliphatic rings. The third-order valence-electron chi connectivity index (χ3n) is 6.46. The number of rotatable bonds is 5. The molecule has 0 radical (unpaired) electrons. The predicted molar refractivity (Wildman–Crippen MR) is 131 cm³/mol. The monoisotopic (exact) mass is 455 g/mol. The summed E-state index contributed by atoms with van der Waals surface area (Å²) in [4.78, 5) is 34.3. The molecule has 0 saturated heterocycles. The standard InChI is InChI=1S/C25H25N7O2/c1-12-4-6-16(29-24(34)25(3)8-9-25)14(10-12)23-30-20(19(26)21(31-23)22(27)33)18-13(2)5-7-17-15(18)11-28-32-17/h4-7,10-11H,8-9,26H2,1-3H3,(H2,27,33)(H,28,32)(H,29,34). The molecule has 172 valence electrons. The number of aromatic amines is 1. The molecule has 9 nitrogen and oxygen atoms in total. The number of amides is 2. The number of aryl methyl sites for hydroxylation is 2. The number of primary amides is 1. The van der Waals surface area contributed by atoms with Gasteiger partial charge in [0.05, 0.1) is 28.8 Å². The van der Waals surface area contributed by atoms with Gasteiger partial charge in [0.2, 0.25) is 5.91 Å². The van der Waals surface area contributed by atoms with Crippen LogP contribution in [0.4, 0.5) is 11.4 Å². The summed E-state index contributed by atoms with van der Waals surface area (Å²) in [6.45, 7) is 5.80. The van der Waals surface area contributed by atoms with Crippen molar-refractivity contribution in [3.63, 3.8) is 0 Å². The number of hydrogen-bond donors (Lipinski definition) is 4. The number of carbonyl (C=O) groups is 2. The van der Waals surface area contributed by atoms with E-state index in [1.807, 2.05) is 51.1 Å². The smallest absolute Gasteiger partial charge is 0.269 e. The second-order valence-corrected chi connectivity index (χ2v) is 9.17. The molecule has 9 heteroatoms. The quantitative estimate of drug-likeness (QED) is 0.360. The van der Waals surface area contributed by atoms with Crippen molar-refractivity contribution in [1.82, 2.24) is 20.2 Å². The van der Waals surface area contributed by atoms with Crippen molar-refractivity contribution < 1.29 is 9.59 Å². The Labute approximate surface area is 196 Å². The van der Waals surface area contributed by atoms with Crippen molar-refractivity contribution in [2.24, 2.45) is 11.1 Å². The normalized spacial score (nSPS) is 14.2. The van der Waals surface area contributed by atoms with E-state index in [2.05, 4.69) is 20.5 Å². The summed E-state index contributed by atoms with van der Waals surface area (Å²) >= 11 is 0. The van der Waals surface area contributed by atoms with E-state index in [0.717, 1.165) is 40.4 Å². The van der Waals surface area contributed by atoms with Gasteiger partial charge in [0.15, 0.2) is 11.5 Å². The number of H-pyrrole nitrogens is 1. The number of nitrogen functional groups attached to an aromatic ring is 1. The molecule has 1 aliphatic carbocycles. The second kappa shape index (κ2) is 7.65. The largest absolute Gasteiger partial charge is 0.395 e. The van der Waals surface area contributed by atoms with Crippen LogP contribution in [0.5, 0.6) is 0 Å².